The van der Waals surface area contributed by atoms with Crippen molar-refractivity contribution in [2.24, 2.45) is 0 Å². The van der Waals surface area contributed by atoms with Crippen molar-refractivity contribution in [3.63, 3.8) is 0 Å². The number of rotatable bonds is 6. The van der Waals surface area contributed by atoms with Gasteiger partial charge >= 0.3 is 0 Å². The highest BCUT2D eigenvalue weighted by Crippen LogP contribution is 2.45. The predicted molar refractivity (Wildman–Crippen MR) is 114 cm³/mol. The maximum atomic E-state index is 10.2. The van der Waals surface area contributed by atoms with E-state index < -0.39 is 6.10 Å². The second-order valence-electron chi connectivity index (χ2n) is 8.14. The zero-order valence-corrected chi connectivity index (χ0v) is 17.7. The van der Waals surface area contributed by atoms with Crippen molar-refractivity contribution in [1.29, 1.82) is 0 Å². The molecule has 1 aliphatic rings. The van der Waals surface area contributed by atoms with E-state index in [4.69, 9.17) is 9.47 Å². The zero-order valence-electron chi connectivity index (χ0n) is 17.7. The SMILES string of the molecule is C/C=C\C(O)C[C@]1(C)CCc2c(C)c(OCc3ccccc3)c(C)c(C)c2O1. The molecule has 0 saturated heterocycles. The molecule has 0 aliphatic carbocycles. The Labute approximate surface area is 169 Å². The van der Waals surface area contributed by atoms with Crippen molar-refractivity contribution in [2.75, 3.05) is 0 Å². The second-order valence-corrected chi connectivity index (χ2v) is 8.14. The number of aliphatic hydroxyl groups excluding tert-OH is 1. The largest absolute Gasteiger partial charge is 0.488 e. The number of aliphatic hydroxyl groups is 1. The lowest BCUT2D eigenvalue weighted by molar-refractivity contribution is 0.0213. The highest BCUT2D eigenvalue weighted by molar-refractivity contribution is 5.59. The van der Waals surface area contributed by atoms with Crippen molar-refractivity contribution in [3.05, 3.63) is 70.3 Å². The van der Waals surface area contributed by atoms with Crippen LogP contribution in [0.4, 0.5) is 0 Å². The fourth-order valence-electron chi connectivity index (χ4n) is 4.10. The topological polar surface area (TPSA) is 38.7 Å². The molecular formula is C25H32O3. The number of ether oxygens (including phenoxy) is 2. The third kappa shape index (κ3) is 4.25. The molecule has 150 valence electrons. The molecule has 1 aliphatic heterocycles. The summed E-state index contributed by atoms with van der Waals surface area (Å²) in [4.78, 5) is 0. The molecule has 0 fully saturated rings. The molecule has 1 unspecified atom stereocenters. The molecule has 3 rings (SSSR count). The quantitative estimate of drug-likeness (QED) is 0.663. The average Bonchev–Trinajstić information content (AvgIpc) is 2.67. The Morgan fingerprint density at radius 3 is 2.54 bits per heavy atom. The Balaban J connectivity index is 1.86. The van der Waals surface area contributed by atoms with Gasteiger partial charge in [0.25, 0.3) is 0 Å². The Kier molecular flexibility index (Phi) is 6.14. The third-order valence-corrected chi connectivity index (χ3v) is 5.84. The van der Waals surface area contributed by atoms with Crippen molar-refractivity contribution < 1.29 is 14.6 Å². The molecule has 0 spiro atoms. The van der Waals surface area contributed by atoms with E-state index in [2.05, 4.69) is 39.8 Å². The van der Waals surface area contributed by atoms with Gasteiger partial charge in [0, 0.05) is 12.0 Å². The van der Waals surface area contributed by atoms with Gasteiger partial charge in [-0.1, -0.05) is 42.5 Å². The Bertz CT molecular complexity index is 854. The fraction of sp³-hybridized carbons (Fsp3) is 0.440. The van der Waals surface area contributed by atoms with E-state index in [1.54, 1.807) is 0 Å². The zero-order chi connectivity index (χ0) is 20.3. The third-order valence-electron chi connectivity index (χ3n) is 5.84. The highest BCUT2D eigenvalue weighted by Gasteiger charge is 2.36. The van der Waals surface area contributed by atoms with Crippen molar-refractivity contribution in [3.8, 4) is 11.5 Å². The molecule has 3 heteroatoms. The Hall–Kier alpha value is -2.26. The Morgan fingerprint density at radius 2 is 1.86 bits per heavy atom. The maximum absolute atomic E-state index is 10.2. The summed E-state index contributed by atoms with van der Waals surface area (Å²) in [6.07, 6.45) is 5.65. The van der Waals surface area contributed by atoms with Crippen LogP contribution in [-0.4, -0.2) is 16.8 Å². The first kappa shape index (κ1) is 20.5. The van der Waals surface area contributed by atoms with E-state index >= 15 is 0 Å². The fourth-order valence-corrected chi connectivity index (χ4v) is 4.10. The summed E-state index contributed by atoms with van der Waals surface area (Å²) in [7, 11) is 0. The van der Waals surface area contributed by atoms with Gasteiger partial charge in [0.2, 0.25) is 0 Å². The van der Waals surface area contributed by atoms with Gasteiger partial charge < -0.3 is 14.6 Å². The molecule has 28 heavy (non-hydrogen) atoms. The molecule has 0 saturated carbocycles. The molecule has 0 amide bonds. The van der Waals surface area contributed by atoms with Crippen LogP contribution >= 0.6 is 0 Å². The summed E-state index contributed by atoms with van der Waals surface area (Å²) in [6.45, 7) is 10.9. The molecule has 2 aromatic carbocycles. The van der Waals surface area contributed by atoms with Crippen LogP contribution in [0, 0.1) is 20.8 Å². The van der Waals surface area contributed by atoms with Crippen LogP contribution in [0.5, 0.6) is 11.5 Å². The van der Waals surface area contributed by atoms with E-state index in [0.29, 0.717) is 13.0 Å². The molecule has 3 nitrogen and oxygen atoms in total. The van der Waals surface area contributed by atoms with Crippen molar-refractivity contribution in [1.82, 2.24) is 0 Å². The average molecular weight is 381 g/mol. The van der Waals surface area contributed by atoms with Crippen LogP contribution in [-0.2, 0) is 13.0 Å². The maximum Gasteiger partial charge on any atom is 0.127 e. The van der Waals surface area contributed by atoms with Gasteiger partial charge in [-0.15, -0.1) is 0 Å². The molecule has 2 aromatic rings. The summed E-state index contributed by atoms with van der Waals surface area (Å²) in [6, 6.07) is 10.3. The van der Waals surface area contributed by atoms with Gasteiger partial charge in [0.05, 0.1) is 6.10 Å². The lowest BCUT2D eigenvalue weighted by Gasteiger charge is -2.39. The van der Waals surface area contributed by atoms with E-state index in [1.165, 1.54) is 16.7 Å². The van der Waals surface area contributed by atoms with Crippen LogP contribution in [0.25, 0.3) is 0 Å². The van der Waals surface area contributed by atoms with E-state index in [-0.39, 0.29) is 5.60 Å². The lowest BCUT2D eigenvalue weighted by Crippen LogP contribution is -2.40. The van der Waals surface area contributed by atoms with Crippen LogP contribution in [0.2, 0.25) is 0 Å². The molecule has 0 bridgehead atoms. The standard InChI is InChI=1S/C25H32O3/c1-6-10-21(26)15-25(5)14-13-22-19(4)23(17(2)18(3)24(22)28-25)27-16-20-11-8-7-9-12-20/h6-12,21,26H,13-16H2,1-5H3/b10-6-/t21?,25-/m0/s1. The van der Waals surface area contributed by atoms with E-state index in [1.807, 2.05) is 37.3 Å². The number of hydrogen-bond acceptors (Lipinski definition) is 3. The first-order chi connectivity index (χ1) is 13.3. The van der Waals surface area contributed by atoms with Crippen molar-refractivity contribution in [2.45, 2.75) is 72.2 Å². The Morgan fingerprint density at radius 1 is 1.14 bits per heavy atom. The minimum Gasteiger partial charge on any atom is -0.488 e. The van der Waals surface area contributed by atoms with E-state index in [9.17, 15) is 5.11 Å². The van der Waals surface area contributed by atoms with Gasteiger partial charge in [-0.05, 0) is 69.7 Å². The molecule has 0 aromatic heterocycles. The summed E-state index contributed by atoms with van der Waals surface area (Å²) in [5.41, 5.74) is 5.48. The monoisotopic (exact) mass is 380 g/mol. The molecule has 2 atom stereocenters. The van der Waals surface area contributed by atoms with E-state index in [0.717, 1.165) is 35.5 Å². The molecule has 1 heterocycles. The van der Waals surface area contributed by atoms with Gasteiger partial charge in [0.1, 0.15) is 23.7 Å². The minimum absolute atomic E-state index is 0.359. The van der Waals surface area contributed by atoms with Crippen LogP contribution < -0.4 is 9.47 Å². The van der Waals surface area contributed by atoms with Crippen LogP contribution in [0.1, 0.15) is 54.5 Å². The summed E-state index contributed by atoms with van der Waals surface area (Å²) >= 11 is 0. The first-order valence-corrected chi connectivity index (χ1v) is 10.1. The normalized spacial score (nSPS) is 19.9. The summed E-state index contributed by atoms with van der Waals surface area (Å²) < 4.78 is 12.7. The molecular weight excluding hydrogens is 348 g/mol. The van der Waals surface area contributed by atoms with Gasteiger partial charge in [-0.3, -0.25) is 0 Å². The summed E-state index contributed by atoms with van der Waals surface area (Å²) in [5, 5.41) is 10.2. The minimum atomic E-state index is -0.479. The lowest BCUT2D eigenvalue weighted by atomic mass is 9.84. The highest BCUT2D eigenvalue weighted by atomic mass is 16.5. The van der Waals surface area contributed by atoms with Crippen LogP contribution in [0.3, 0.4) is 0 Å². The van der Waals surface area contributed by atoms with Crippen molar-refractivity contribution >= 4 is 0 Å². The second kappa shape index (κ2) is 8.40. The first-order valence-electron chi connectivity index (χ1n) is 10.1. The molecule has 0 radical (unpaired) electrons. The number of hydrogen-bond donors (Lipinski definition) is 1. The van der Waals surface area contributed by atoms with Crippen LogP contribution in [0.15, 0.2) is 42.5 Å². The van der Waals surface area contributed by atoms with Gasteiger partial charge in [-0.2, -0.15) is 0 Å². The number of benzene rings is 2. The summed E-state index contributed by atoms with van der Waals surface area (Å²) in [5.74, 6) is 1.95. The molecule has 1 N–H and O–H groups in total. The van der Waals surface area contributed by atoms with Gasteiger partial charge in [-0.25, -0.2) is 0 Å². The number of allylic oxidation sites excluding steroid dienone is 1. The van der Waals surface area contributed by atoms with Gasteiger partial charge in [0.15, 0.2) is 0 Å². The number of fused-ring (bicyclic) bond motifs is 1. The predicted octanol–water partition coefficient (Wildman–Crippen LogP) is 5.60. The smallest absolute Gasteiger partial charge is 0.127 e.